The van der Waals surface area contributed by atoms with Gasteiger partial charge < -0.3 is 15.4 Å². The Balaban J connectivity index is 1.40. The van der Waals surface area contributed by atoms with E-state index in [1.165, 1.54) is 6.92 Å². The molecule has 0 spiro atoms. The van der Waals surface area contributed by atoms with Crippen LogP contribution in [0.15, 0.2) is 48.5 Å². The Bertz CT molecular complexity index is 942. The van der Waals surface area contributed by atoms with Crippen molar-refractivity contribution in [1.82, 2.24) is 15.5 Å². The summed E-state index contributed by atoms with van der Waals surface area (Å²) < 4.78 is 5.32. The maximum absolute atomic E-state index is 12.4. The second-order valence-corrected chi connectivity index (χ2v) is 7.02. The molecule has 9 heteroatoms. The van der Waals surface area contributed by atoms with E-state index in [1.54, 1.807) is 48.5 Å². The number of rotatable bonds is 8. The van der Waals surface area contributed by atoms with Crippen LogP contribution in [0.1, 0.15) is 27.6 Å². The maximum Gasteiger partial charge on any atom is 0.262 e. The molecule has 1 aliphatic heterocycles. The largest absolute Gasteiger partial charge is 0.484 e. The van der Waals surface area contributed by atoms with E-state index >= 15 is 0 Å². The lowest BCUT2D eigenvalue weighted by molar-refractivity contribution is -0.125. The van der Waals surface area contributed by atoms with Crippen LogP contribution >= 0.6 is 11.6 Å². The SMILES string of the molecule is CC(C(=O)NCCNC(=O)COc1ccc(Cl)cc1)N1C(=O)c2ccccc2C1=O. The highest BCUT2D eigenvalue weighted by Crippen LogP contribution is 2.24. The van der Waals surface area contributed by atoms with E-state index in [0.717, 1.165) is 4.90 Å². The number of imide groups is 1. The molecule has 4 amide bonds. The lowest BCUT2D eigenvalue weighted by atomic mass is 10.1. The number of carbonyl (C=O) groups excluding carboxylic acids is 4. The molecule has 30 heavy (non-hydrogen) atoms. The third kappa shape index (κ3) is 4.77. The number of amides is 4. The van der Waals surface area contributed by atoms with Crippen molar-refractivity contribution in [3.8, 4) is 5.75 Å². The van der Waals surface area contributed by atoms with Crippen LogP contribution in [0.5, 0.6) is 5.75 Å². The minimum atomic E-state index is -0.971. The zero-order chi connectivity index (χ0) is 21.7. The molecule has 2 aromatic carbocycles. The number of benzene rings is 2. The standard InChI is InChI=1S/C21H20ClN3O5/c1-13(25-20(28)16-4-2-3-5-17(16)21(25)29)19(27)24-11-10-23-18(26)12-30-15-8-6-14(22)7-9-15/h2-9,13H,10-12H2,1H3,(H,23,26)(H,24,27). The second kappa shape index (κ2) is 9.41. The minimum Gasteiger partial charge on any atom is -0.484 e. The van der Waals surface area contributed by atoms with Crippen LogP contribution in [0.4, 0.5) is 0 Å². The number of hydrogen-bond acceptors (Lipinski definition) is 5. The molecule has 1 unspecified atom stereocenters. The summed E-state index contributed by atoms with van der Waals surface area (Å²) in [5, 5.41) is 5.78. The Labute approximate surface area is 178 Å². The lowest BCUT2D eigenvalue weighted by Gasteiger charge is -2.21. The first-order valence-corrected chi connectivity index (χ1v) is 9.66. The van der Waals surface area contributed by atoms with Crippen molar-refractivity contribution in [3.05, 3.63) is 64.7 Å². The molecule has 0 fully saturated rings. The molecule has 1 heterocycles. The molecule has 1 atom stereocenters. The third-order valence-corrected chi connectivity index (χ3v) is 4.77. The van der Waals surface area contributed by atoms with Crippen molar-refractivity contribution in [2.24, 2.45) is 0 Å². The highest BCUT2D eigenvalue weighted by molar-refractivity contribution is 6.30. The number of nitrogens with zero attached hydrogens (tertiary/aromatic N) is 1. The summed E-state index contributed by atoms with van der Waals surface area (Å²) in [6, 6.07) is 12.1. The van der Waals surface area contributed by atoms with Crippen LogP contribution in [0.2, 0.25) is 5.02 Å². The lowest BCUT2D eigenvalue weighted by Crippen LogP contribution is -2.49. The highest BCUT2D eigenvalue weighted by atomic mass is 35.5. The van der Waals surface area contributed by atoms with E-state index in [9.17, 15) is 19.2 Å². The molecule has 2 N–H and O–H groups in total. The first-order valence-electron chi connectivity index (χ1n) is 9.28. The topological polar surface area (TPSA) is 105 Å². The monoisotopic (exact) mass is 429 g/mol. The van der Waals surface area contributed by atoms with E-state index < -0.39 is 23.8 Å². The molecular formula is C21H20ClN3O5. The average Bonchev–Trinajstić information content (AvgIpc) is 3.00. The number of ether oxygens (including phenoxy) is 1. The van der Waals surface area contributed by atoms with E-state index in [-0.39, 0.29) is 36.7 Å². The van der Waals surface area contributed by atoms with Gasteiger partial charge in [0, 0.05) is 18.1 Å². The Hall–Kier alpha value is -3.39. The van der Waals surface area contributed by atoms with Gasteiger partial charge in [0.15, 0.2) is 6.61 Å². The number of carbonyl (C=O) groups is 4. The quantitative estimate of drug-likeness (QED) is 0.490. The number of halogens is 1. The van der Waals surface area contributed by atoms with Gasteiger partial charge >= 0.3 is 0 Å². The van der Waals surface area contributed by atoms with E-state index in [4.69, 9.17) is 16.3 Å². The normalized spacial score (nSPS) is 13.6. The maximum atomic E-state index is 12.4. The zero-order valence-corrected chi connectivity index (χ0v) is 16.9. The van der Waals surface area contributed by atoms with Crippen molar-refractivity contribution < 1.29 is 23.9 Å². The van der Waals surface area contributed by atoms with Gasteiger partial charge in [0.05, 0.1) is 11.1 Å². The molecule has 0 saturated carbocycles. The molecule has 1 aliphatic rings. The molecule has 0 aromatic heterocycles. The molecule has 0 radical (unpaired) electrons. The van der Waals surface area contributed by atoms with Gasteiger partial charge in [-0.05, 0) is 43.3 Å². The summed E-state index contributed by atoms with van der Waals surface area (Å²) in [6.07, 6.45) is 0. The number of hydrogen-bond donors (Lipinski definition) is 2. The predicted molar refractivity (Wildman–Crippen MR) is 109 cm³/mol. The van der Waals surface area contributed by atoms with Crippen molar-refractivity contribution in [2.75, 3.05) is 19.7 Å². The van der Waals surface area contributed by atoms with Gasteiger partial charge in [-0.2, -0.15) is 0 Å². The summed E-state index contributed by atoms with van der Waals surface area (Å²) in [5.41, 5.74) is 0.574. The summed E-state index contributed by atoms with van der Waals surface area (Å²) >= 11 is 5.78. The molecule has 8 nitrogen and oxygen atoms in total. The molecule has 156 valence electrons. The van der Waals surface area contributed by atoms with E-state index in [0.29, 0.717) is 10.8 Å². The first kappa shape index (κ1) is 21.3. The van der Waals surface area contributed by atoms with Gasteiger partial charge in [0.25, 0.3) is 17.7 Å². The zero-order valence-electron chi connectivity index (χ0n) is 16.2. The van der Waals surface area contributed by atoms with Gasteiger partial charge in [-0.15, -0.1) is 0 Å². The fourth-order valence-corrected chi connectivity index (χ4v) is 3.07. The van der Waals surface area contributed by atoms with Crippen molar-refractivity contribution in [1.29, 1.82) is 0 Å². The second-order valence-electron chi connectivity index (χ2n) is 6.59. The van der Waals surface area contributed by atoms with Gasteiger partial charge in [-0.25, -0.2) is 0 Å². The van der Waals surface area contributed by atoms with Crippen LogP contribution in [0.3, 0.4) is 0 Å². The Morgan fingerprint density at radius 2 is 1.53 bits per heavy atom. The predicted octanol–water partition coefficient (Wildman–Crippen LogP) is 1.64. The Morgan fingerprint density at radius 3 is 2.13 bits per heavy atom. The van der Waals surface area contributed by atoms with Gasteiger partial charge in [0.1, 0.15) is 11.8 Å². The first-order chi connectivity index (χ1) is 14.4. The van der Waals surface area contributed by atoms with Gasteiger partial charge in [-0.1, -0.05) is 23.7 Å². The van der Waals surface area contributed by atoms with Crippen LogP contribution in [0.25, 0.3) is 0 Å². The Kier molecular flexibility index (Phi) is 6.68. The van der Waals surface area contributed by atoms with Crippen LogP contribution in [-0.2, 0) is 9.59 Å². The van der Waals surface area contributed by atoms with Crippen LogP contribution < -0.4 is 15.4 Å². The highest BCUT2D eigenvalue weighted by Gasteiger charge is 2.40. The molecule has 2 aromatic rings. The molecule has 0 aliphatic carbocycles. The third-order valence-electron chi connectivity index (χ3n) is 4.52. The summed E-state index contributed by atoms with van der Waals surface area (Å²) in [6.45, 7) is 1.61. The smallest absolute Gasteiger partial charge is 0.262 e. The summed E-state index contributed by atoms with van der Waals surface area (Å²) in [7, 11) is 0. The van der Waals surface area contributed by atoms with Crippen molar-refractivity contribution in [3.63, 3.8) is 0 Å². The van der Waals surface area contributed by atoms with Crippen molar-refractivity contribution in [2.45, 2.75) is 13.0 Å². The van der Waals surface area contributed by atoms with Gasteiger partial charge in [-0.3, -0.25) is 24.1 Å². The fraction of sp³-hybridized carbons (Fsp3) is 0.238. The van der Waals surface area contributed by atoms with E-state index in [2.05, 4.69) is 10.6 Å². The van der Waals surface area contributed by atoms with Gasteiger partial charge in [0.2, 0.25) is 5.91 Å². The van der Waals surface area contributed by atoms with E-state index in [1.807, 2.05) is 0 Å². The molecule has 3 rings (SSSR count). The summed E-state index contributed by atoms with van der Waals surface area (Å²) in [5.74, 6) is -1.32. The number of fused-ring (bicyclic) bond motifs is 1. The minimum absolute atomic E-state index is 0.138. The van der Waals surface area contributed by atoms with Crippen LogP contribution in [-0.4, -0.2) is 54.3 Å². The molecular weight excluding hydrogens is 410 g/mol. The molecule has 0 saturated heterocycles. The summed E-state index contributed by atoms with van der Waals surface area (Å²) in [4.78, 5) is 50.0. The molecule has 0 bridgehead atoms. The fourth-order valence-electron chi connectivity index (χ4n) is 2.94. The average molecular weight is 430 g/mol. The number of nitrogens with one attached hydrogen (secondary N) is 2. The van der Waals surface area contributed by atoms with Crippen molar-refractivity contribution >= 4 is 35.2 Å². The van der Waals surface area contributed by atoms with Crippen LogP contribution in [0, 0.1) is 0 Å². The Morgan fingerprint density at radius 1 is 0.967 bits per heavy atom.